The molecule has 1 aromatic carbocycles. The minimum atomic E-state index is -0.933. The first kappa shape index (κ1) is 20.6. The van der Waals surface area contributed by atoms with E-state index in [0.29, 0.717) is 5.56 Å². The van der Waals surface area contributed by atoms with E-state index in [4.69, 9.17) is 4.74 Å². The van der Waals surface area contributed by atoms with E-state index in [2.05, 4.69) is 26.6 Å². The van der Waals surface area contributed by atoms with E-state index in [9.17, 15) is 14.7 Å². The predicted molar refractivity (Wildman–Crippen MR) is 105 cm³/mol. The summed E-state index contributed by atoms with van der Waals surface area (Å²) in [5, 5.41) is 15.7. The summed E-state index contributed by atoms with van der Waals surface area (Å²) in [5.74, 6) is -0.933. The molecule has 0 aliphatic heterocycles. The van der Waals surface area contributed by atoms with Gasteiger partial charge in [0.2, 0.25) is 0 Å². The summed E-state index contributed by atoms with van der Waals surface area (Å²) in [7, 11) is 0. The second-order valence-electron chi connectivity index (χ2n) is 7.77. The number of hydrogen-bond acceptors (Lipinski definition) is 4. The van der Waals surface area contributed by atoms with Gasteiger partial charge >= 0.3 is 12.1 Å². The summed E-state index contributed by atoms with van der Waals surface area (Å²) in [6, 6.07) is 3.89. The fourth-order valence-electron chi connectivity index (χ4n) is 3.13. The molecule has 26 heavy (non-hydrogen) atoms. The van der Waals surface area contributed by atoms with Crippen LogP contribution in [0.3, 0.4) is 0 Å². The Morgan fingerprint density at radius 3 is 2.27 bits per heavy atom. The van der Waals surface area contributed by atoms with E-state index in [0.717, 1.165) is 41.4 Å². The molecule has 0 heterocycles. The molecular formula is C19H27BrN2O4. The second kappa shape index (κ2) is 8.29. The fourth-order valence-corrected chi connectivity index (χ4v) is 3.59. The zero-order valence-electron chi connectivity index (χ0n) is 15.7. The van der Waals surface area contributed by atoms with Crippen molar-refractivity contribution in [1.29, 1.82) is 0 Å². The SMILES string of the molecule is Cc1c(N[C@H]2CC[C@H](NC(=O)OC(C)(C)C)CC2)cc(Br)cc1C(=O)O. The number of ether oxygens (including phenoxy) is 1. The van der Waals surface area contributed by atoms with Gasteiger partial charge in [-0.3, -0.25) is 0 Å². The molecule has 1 aliphatic carbocycles. The first-order valence-electron chi connectivity index (χ1n) is 8.84. The number of hydrogen-bond donors (Lipinski definition) is 3. The molecule has 0 radical (unpaired) electrons. The maximum Gasteiger partial charge on any atom is 0.407 e. The van der Waals surface area contributed by atoms with Crippen LogP contribution in [0.25, 0.3) is 0 Å². The maximum atomic E-state index is 11.9. The number of amides is 1. The quantitative estimate of drug-likeness (QED) is 0.648. The number of nitrogens with one attached hydrogen (secondary N) is 2. The Morgan fingerprint density at radius 2 is 1.73 bits per heavy atom. The Kier molecular flexibility index (Phi) is 6.55. The molecule has 0 aromatic heterocycles. The molecule has 0 bridgehead atoms. The van der Waals surface area contributed by atoms with Gasteiger partial charge in [0.15, 0.2) is 0 Å². The van der Waals surface area contributed by atoms with E-state index in [-0.39, 0.29) is 18.2 Å². The highest BCUT2D eigenvalue weighted by molar-refractivity contribution is 9.10. The highest BCUT2D eigenvalue weighted by atomic mass is 79.9. The Labute approximate surface area is 162 Å². The van der Waals surface area contributed by atoms with Gasteiger partial charge < -0.3 is 20.5 Å². The predicted octanol–water partition coefficient (Wildman–Crippen LogP) is 4.70. The molecule has 0 spiro atoms. The third-order valence-corrected chi connectivity index (χ3v) is 4.87. The first-order valence-corrected chi connectivity index (χ1v) is 9.64. The molecule has 7 heteroatoms. The maximum absolute atomic E-state index is 11.9. The van der Waals surface area contributed by atoms with Crippen molar-refractivity contribution in [3.05, 3.63) is 27.7 Å². The molecular weight excluding hydrogens is 400 g/mol. The molecule has 0 unspecified atom stereocenters. The summed E-state index contributed by atoms with van der Waals surface area (Å²) in [6.45, 7) is 7.35. The Hall–Kier alpha value is -1.76. The van der Waals surface area contributed by atoms with Gasteiger partial charge in [-0.2, -0.15) is 0 Å². The van der Waals surface area contributed by atoms with Gasteiger partial charge in [-0.05, 0) is 71.1 Å². The van der Waals surface area contributed by atoms with Gasteiger partial charge in [-0.25, -0.2) is 9.59 Å². The molecule has 1 aliphatic rings. The van der Waals surface area contributed by atoms with Gasteiger partial charge in [0.25, 0.3) is 0 Å². The lowest BCUT2D eigenvalue weighted by Gasteiger charge is -2.31. The minimum Gasteiger partial charge on any atom is -0.478 e. The summed E-state index contributed by atoms with van der Waals surface area (Å²) in [4.78, 5) is 23.2. The van der Waals surface area contributed by atoms with Crippen LogP contribution < -0.4 is 10.6 Å². The van der Waals surface area contributed by atoms with Crippen molar-refractivity contribution in [2.45, 2.75) is 71.1 Å². The van der Waals surface area contributed by atoms with Crippen LogP contribution in [-0.4, -0.2) is 34.9 Å². The highest BCUT2D eigenvalue weighted by Gasteiger charge is 2.25. The number of halogens is 1. The number of benzene rings is 1. The van der Waals surface area contributed by atoms with E-state index in [1.54, 1.807) is 6.07 Å². The van der Waals surface area contributed by atoms with Crippen LogP contribution in [0.4, 0.5) is 10.5 Å². The zero-order valence-corrected chi connectivity index (χ0v) is 17.3. The highest BCUT2D eigenvalue weighted by Crippen LogP contribution is 2.29. The summed E-state index contributed by atoms with van der Waals surface area (Å²) >= 11 is 3.38. The molecule has 0 saturated heterocycles. The number of carboxylic acids is 1. The lowest BCUT2D eigenvalue weighted by atomic mass is 9.90. The lowest BCUT2D eigenvalue weighted by molar-refractivity contribution is 0.0491. The summed E-state index contributed by atoms with van der Waals surface area (Å²) in [6.07, 6.45) is 3.14. The third-order valence-electron chi connectivity index (χ3n) is 4.41. The van der Waals surface area contributed by atoms with Crippen molar-refractivity contribution in [2.75, 3.05) is 5.32 Å². The lowest BCUT2D eigenvalue weighted by Crippen LogP contribution is -2.42. The Balaban J connectivity index is 1.91. The van der Waals surface area contributed by atoms with Gasteiger partial charge in [0.1, 0.15) is 5.60 Å². The van der Waals surface area contributed by atoms with Crippen molar-refractivity contribution >= 4 is 33.7 Å². The Morgan fingerprint density at radius 1 is 1.15 bits per heavy atom. The number of aromatic carboxylic acids is 1. The topological polar surface area (TPSA) is 87.7 Å². The summed E-state index contributed by atoms with van der Waals surface area (Å²) < 4.78 is 6.04. The Bertz CT molecular complexity index is 677. The molecule has 2 rings (SSSR count). The molecule has 3 N–H and O–H groups in total. The standard InChI is InChI=1S/C19H27BrN2O4/c1-11-15(17(23)24)9-12(20)10-16(11)21-13-5-7-14(8-6-13)22-18(25)26-19(2,3)4/h9-10,13-14,21H,5-8H2,1-4H3,(H,22,25)(H,23,24)/t13-,14-. The second-order valence-corrected chi connectivity index (χ2v) is 8.69. The minimum absolute atomic E-state index is 0.112. The van der Waals surface area contributed by atoms with E-state index in [1.165, 1.54) is 0 Å². The number of carbonyl (C=O) groups is 2. The van der Waals surface area contributed by atoms with Gasteiger partial charge in [-0.15, -0.1) is 0 Å². The van der Waals surface area contributed by atoms with E-state index < -0.39 is 11.6 Å². The molecule has 1 saturated carbocycles. The molecule has 0 atom stereocenters. The van der Waals surface area contributed by atoms with E-state index >= 15 is 0 Å². The zero-order chi connectivity index (χ0) is 19.5. The first-order chi connectivity index (χ1) is 12.0. The summed E-state index contributed by atoms with van der Waals surface area (Å²) in [5.41, 5.74) is 1.36. The molecule has 144 valence electrons. The van der Waals surface area contributed by atoms with Crippen LogP contribution in [0.15, 0.2) is 16.6 Å². The number of anilines is 1. The van der Waals surface area contributed by atoms with Crippen LogP contribution in [0.5, 0.6) is 0 Å². The number of rotatable bonds is 4. The smallest absolute Gasteiger partial charge is 0.407 e. The number of carboxylic acid groups (broad SMARTS) is 1. The van der Waals surface area contributed by atoms with Crippen LogP contribution in [-0.2, 0) is 4.74 Å². The van der Waals surface area contributed by atoms with Gasteiger partial charge in [-0.1, -0.05) is 15.9 Å². The van der Waals surface area contributed by atoms with Crippen LogP contribution in [0.2, 0.25) is 0 Å². The van der Waals surface area contributed by atoms with E-state index in [1.807, 2.05) is 33.8 Å². The van der Waals surface area contributed by atoms with Crippen molar-refractivity contribution in [2.24, 2.45) is 0 Å². The number of alkyl carbamates (subject to hydrolysis) is 1. The molecule has 1 fully saturated rings. The molecule has 1 aromatic rings. The monoisotopic (exact) mass is 426 g/mol. The van der Waals surface area contributed by atoms with Crippen molar-refractivity contribution in [3.8, 4) is 0 Å². The molecule has 6 nitrogen and oxygen atoms in total. The number of carbonyl (C=O) groups excluding carboxylic acids is 1. The third kappa shape index (κ3) is 5.90. The largest absolute Gasteiger partial charge is 0.478 e. The average molecular weight is 427 g/mol. The van der Waals surface area contributed by atoms with Gasteiger partial charge in [0, 0.05) is 22.2 Å². The van der Waals surface area contributed by atoms with Crippen LogP contribution in [0, 0.1) is 6.92 Å². The fraction of sp³-hybridized carbons (Fsp3) is 0.579. The van der Waals surface area contributed by atoms with Gasteiger partial charge in [0.05, 0.1) is 5.56 Å². The van der Waals surface area contributed by atoms with Crippen molar-refractivity contribution in [3.63, 3.8) is 0 Å². The van der Waals surface area contributed by atoms with Crippen molar-refractivity contribution in [1.82, 2.24) is 5.32 Å². The average Bonchev–Trinajstić information content (AvgIpc) is 2.50. The van der Waals surface area contributed by atoms with Crippen LogP contribution in [0.1, 0.15) is 62.4 Å². The van der Waals surface area contributed by atoms with Crippen LogP contribution >= 0.6 is 15.9 Å². The van der Waals surface area contributed by atoms with Crippen molar-refractivity contribution < 1.29 is 19.4 Å². The normalized spacial score (nSPS) is 20.3. The molecule has 1 amide bonds.